The molecule has 1 amide bonds. The van der Waals surface area contributed by atoms with Crippen LogP contribution in [0.1, 0.15) is 22.3 Å². The minimum atomic E-state index is -0.631. The molecule has 0 aromatic heterocycles. The molecule has 7 nitrogen and oxygen atoms in total. The second-order valence-electron chi connectivity index (χ2n) is 5.17. The highest BCUT2D eigenvalue weighted by Crippen LogP contribution is 2.19. The highest BCUT2D eigenvalue weighted by atomic mass is 35.5. The molecule has 0 aliphatic rings. The molecule has 136 valence electrons. The van der Waals surface area contributed by atoms with Gasteiger partial charge >= 0.3 is 5.97 Å². The van der Waals surface area contributed by atoms with Crippen LogP contribution in [-0.2, 0) is 16.1 Å². The Balaban J connectivity index is 1.77. The lowest BCUT2D eigenvalue weighted by molar-refractivity contribution is -0.384. The van der Waals surface area contributed by atoms with E-state index in [2.05, 4.69) is 5.32 Å². The largest absolute Gasteiger partial charge is 0.461 e. The summed E-state index contributed by atoms with van der Waals surface area (Å²) in [5.74, 6) is -1.69. The SMILES string of the molecule is O=C(CCNC(=O)c1ccc([N+](=O)[O-])cc1)OCc1c(F)cccc1Cl. The molecule has 9 heteroatoms. The first-order valence-electron chi connectivity index (χ1n) is 7.49. The zero-order valence-corrected chi connectivity index (χ0v) is 14.2. The van der Waals surface area contributed by atoms with Gasteiger partial charge in [0, 0.05) is 29.8 Å². The fourth-order valence-electron chi connectivity index (χ4n) is 2.01. The summed E-state index contributed by atoms with van der Waals surface area (Å²) in [6.45, 7) is -0.305. The first kappa shape index (κ1) is 19.3. The van der Waals surface area contributed by atoms with Crippen LogP contribution < -0.4 is 5.32 Å². The summed E-state index contributed by atoms with van der Waals surface area (Å²) in [5.41, 5.74) is 0.177. The van der Waals surface area contributed by atoms with Crippen LogP contribution in [0.5, 0.6) is 0 Å². The highest BCUT2D eigenvalue weighted by Gasteiger charge is 2.12. The zero-order valence-electron chi connectivity index (χ0n) is 13.4. The first-order valence-corrected chi connectivity index (χ1v) is 7.87. The van der Waals surface area contributed by atoms with Crippen LogP contribution in [-0.4, -0.2) is 23.3 Å². The Morgan fingerprint density at radius 2 is 1.88 bits per heavy atom. The average molecular weight is 381 g/mol. The number of halogens is 2. The minimum Gasteiger partial charge on any atom is -0.461 e. The molecule has 0 atom stereocenters. The van der Waals surface area contributed by atoms with Crippen LogP contribution in [0.25, 0.3) is 0 Å². The van der Waals surface area contributed by atoms with Gasteiger partial charge in [0.15, 0.2) is 0 Å². The number of hydrogen-bond acceptors (Lipinski definition) is 5. The van der Waals surface area contributed by atoms with E-state index < -0.39 is 22.6 Å². The number of esters is 1. The van der Waals surface area contributed by atoms with E-state index in [1.165, 1.54) is 42.5 Å². The van der Waals surface area contributed by atoms with Gasteiger partial charge in [0.1, 0.15) is 12.4 Å². The molecule has 0 fully saturated rings. The third-order valence-electron chi connectivity index (χ3n) is 3.39. The number of hydrogen-bond donors (Lipinski definition) is 1. The van der Waals surface area contributed by atoms with Crippen molar-refractivity contribution in [2.45, 2.75) is 13.0 Å². The molecule has 2 rings (SSSR count). The number of amides is 1. The molecule has 0 saturated carbocycles. The van der Waals surface area contributed by atoms with Gasteiger partial charge in [-0.1, -0.05) is 17.7 Å². The molecule has 0 saturated heterocycles. The van der Waals surface area contributed by atoms with Crippen molar-refractivity contribution in [1.82, 2.24) is 5.32 Å². The summed E-state index contributed by atoms with van der Waals surface area (Å²) in [4.78, 5) is 33.5. The number of non-ortho nitro benzene ring substituents is 1. The number of rotatable bonds is 7. The maximum atomic E-state index is 13.5. The van der Waals surface area contributed by atoms with E-state index in [9.17, 15) is 24.1 Å². The van der Waals surface area contributed by atoms with Crippen molar-refractivity contribution in [3.63, 3.8) is 0 Å². The lowest BCUT2D eigenvalue weighted by Gasteiger charge is -2.08. The minimum absolute atomic E-state index is 0.000339. The standard InChI is InChI=1S/C17H14ClFN2O5/c18-14-2-1-3-15(19)13(14)10-26-16(22)8-9-20-17(23)11-4-6-12(7-5-11)21(24)25/h1-7H,8-10H2,(H,20,23). The van der Waals surface area contributed by atoms with Crippen LogP contribution in [0.15, 0.2) is 42.5 Å². The fourth-order valence-corrected chi connectivity index (χ4v) is 2.23. The number of nitrogens with one attached hydrogen (secondary N) is 1. The lowest BCUT2D eigenvalue weighted by Crippen LogP contribution is -2.26. The van der Waals surface area contributed by atoms with Crippen LogP contribution in [0, 0.1) is 15.9 Å². The molecule has 0 spiro atoms. The Labute approximate surface area is 152 Å². The number of benzene rings is 2. The van der Waals surface area contributed by atoms with E-state index >= 15 is 0 Å². The maximum absolute atomic E-state index is 13.5. The molecule has 0 heterocycles. The van der Waals surface area contributed by atoms with E-state index in [4.69, 9.17) is 16.3 Å². The highest BCUT2D eigenvalue weighted by molar-refractivity contribution is 6.31. The van der Waals surface area contributed by atoms with Crippen LogP contribution in [0.4, 0.5) is 10.1 Å². The molecule has 2 aromatic carbocycles. The van der Waals surface area contributed by atoms with Crippen molar-refractivity contribution in [3.05, 3.63) is 74.5 Å². The molecular weight excluding hydrogens is 367 g/mol. The van der Waals surface area contributed by atoms with Gasteiger partial charge in [-0.2, -0.15) is 0 Å². The molecule has 0 aliphatic carbocycles. The normalized spacial score (nSPS) is 10.2. The van der Waals surface area contributed by atoms with Crippen molar-refractivity contribution < 1.29 is 23.6 Å². The molecular formula is C17H14ClFN2O5. The van der Waals surface area contributed by atoms with Gasteiger partial charge in [-0.05, 0) is 24.3 Å². The van der Waals surface area contributed by atoms with Crippen molar-refractivity contribution >= 4 is 29.2 Å². The van der Waals surface area contributed by atoms with Crippen molar-refractivity contribution in [2.75, 3.05) is 6.54 Å². The van der Waals surface area contributed by atoms with Gasteiger partial charge in [-0.15, -0.1) is 0 Å². The molecule has 26 heavy (non-hydrogen) atoms. The van der Waals surface area contributed by atoms with Gasteiger partial charge in [0.2, 0.25) is 0 Å². The predicted octanol–water partition coefficient (Wildman–Crippen LogP) is 3.25. The van der Waals surface area contributed by atoms with Crippen LogP contribution in [0.3, 0.4) is 0 Å². The Hall–Kier alpha value is -3.00. The number of carbonyl (C=O) groups excluding carboxylic acids is 2. The number of nitro groups is 1. The molecule has 0 unspecified atom stereocenters. The number of ether oxygens (including phenoxy) is 1. The maximum Gasteiger partial charge on any atom is 0.307 e. The molecule has 1 N–H and O–H groups in total. The van der Waals surface area contributed by atoms with Crippen molar-refractivity contribution in [3.8, 4) is 0 Å². The average Bonchev–Trinajstić information content (AvgIpc) is 2.61. The van der Waals surface area contributed by atoms with E-state index in [0.717, 1.165) is 0 Å². The number of nitro benzene ring substituents is 1. The van der Waals surface area contributed by atoms with E-state index in [1.54, 1.807) is 0 Å². The van der Waals surface area contributed by atoms with Crippen LogP contribution >= 0.6 is 11.6 Å². The third kappa shape index (κ3) is 5.25. The van der Waals surface area contributed by atoms with Gasteiger partial charge in [-0.3, -0.25) is 19.7 Å². The Bertz CT molecular complexity index is 806. The van der Waals surface area contributed by atoms with Crippen LogP contribution in [0.2, 0.25) is 5.02 Å². The molecule has 0 radical (unpaired) electrons. The van der Waals surface area contributed by atoms with Crippen molar-refractivity contribution in [1.29, 1.82) is 0 Å². The summed E-state index contributed by atoms with van der Waals surface area (Å²) >= 11 is 5.83. The topological polar surface area (TPSA) is 98.5 Å². The van der Waals surface area contributed by atoms with Gasteiger partial charge in [0.25, 0.3) is 11.6 Å². The second kappa shape index (κ2) is 8.91. The summed E-state index contributed by atoms with van der Waals surface area (Å²) in [5, 5.41) is 13.2. The van der Waals surface area contributed by atoms with E-state index in [-0.39, 0.29) is 41.4 Å². The predicted molar refractivity (Wildman–Crippen MR) is 91.3 cm³/mol. The third-order valence-corrected chi connectivity index (χ3v) is 3.75. The van der Waals surface area contributed by atoms with Gasteiger partial charge < -0.3 is 10.1 Å². The monoisotopic (exact) mass is 380 g/mol. The van der Waals surface area contributed by atoms with E-state index in [0.29, 0.717) is 0 Å². The number of carbonyl (C=O) groups is 2. The molecule has 0 bridgehead atoms. The van der Waals surface area contributed by atoms with Gasteiger partial charge in [0.05, 0.1) is 16.4 Å². The zero-order chi connectivity index (χ0) is 19.1. The Kier molecular flexibility index (Phi) is 6.62. The Morgan fingerprint density at radius 3 is 2.50 bits per heavy atom. The van der Waals surface area contributed by atoms with Crippen molar-refractivity contribution in [2.24, 2.45) is 0 Å². The molecule has 0 aliphatic heterocycles. The first-order chi connectivity index (χ1) is 12.4. The summed E-state index contributed by atoms with van der Waals surface area (Å²) in [6.07, 6.45) is -0.120. The lowest BCUT2D eigenvalue weighted by atomic mass is 10.2. The summed E-state index contributed by atoms with van der Waals surface area (Å²) in [7, 11) is 0. The smallest absolute Gasteiger partial charge is 0.307 e. The summed E-state index contributed by atoms with van der Waals surface area (Å²) < 4.78 is 18.5. The van der Waals surface area contributed by atoms with E-state index in [1.807, 2.05) is 0 Å². The second-order valence-corrected chi connectivity index (χ2v) is 5.58. The Morgan fingerprint density at radius 1 is 1.19 bits per heavy atom. The fraction of sp³-hybridized carbons (Fsp3) is 0.176. The summed E-state index contributed by atoms with van der Waals surface area (Å²) in [6, 6.07) is 9.18. The van der Waals surface area contributed by atoms with Gasteiger partial charge in [-0.25, -0.2) is 4.39 Å². The number of nitrogens with zero attached hydrogens (tertiary/aromatic N) is 1. The quantitative estimate of drug-likeness (QED) is 0.451. The molecule has 2 aromatic rings.